The number of rotatable bonds is 7. The summed E-state index contributed by atoms with van der Waals surface area (Å²) in [6.07, 6.45) is 0.756. The van der Waals surface area contributed by atoms with Crippen molar-refractivity contribution >= 4 is 11.6 Å². The van der Waals surface area contributed by atoms with Crippen molar-refractivity contribution in [2.24, 2.45) is 5.92 Å². The molecule has 26 heavy (non-hydrogen) atoms. The minimum Gasteiger partial charge on any atom is -0.497 e. The third-order valence-corrected chi connectivity index (χ3v) is 4.20. The number of carbonyl (C=O) groups excluding carboxylic acids is 1. The highest BCUT2D eigenvalue weighted by atomic mass is 16.6. The summed E-state index contributed by atoms with van der Waals surface area (Å²) in [6, 6.07) is 11.9. The normalized spacial score (nSPS) is 11.9. The molecule has 0 spiro atoms. The van der Waals surface area contributed by atoms with Crippen molar-refractivity contribution in [3.63, 3.8) is 0 Å². The van der Waals surface area contributed by atoms with E-state index < -0.39 is 4.92 Å². The Kier molecular flexibility index (Phi) is 6.33. The Hall–Kier alpha value is -2.89. The lowest BCUT2D eigenvalue weighted by molar-refractivity contribution is -0.385. The van der Waals surface area contributed by atoms with E-state index in [1.54, 1.807) is 26.2 Å². The number of hydrogen-bond donors (Lipinski definition) is 1. The zero-order valence-electron chi connectivity index (χ0n) is 15.5. The summed E-state index contributed by atoms with van der Waals surface area (Å²) in [5.74, 6) is 0.793. The fourth-order valence-electron chi connectivity index (χ4n) is 2.77. The molecule has 0 saturated heterocycles. The lowest BCUT2D eigenvalue weighted by Crippen LogP contribution is -2.29. The summed E-state index contributed by atoms with van der Waals surface area (Å²) in [4.78, 5) is 23.3. The summed E-state index contributed by atoms with van der Waals surface area (Å²) in [7, 11) is 1.60. The Labute approximate surface area is 153 Å². The van der Waals surface area contributed by atoms with Crippen LogP contribution in [0.15, 0.2) is 42.5 Å². The maximum Gasteiger partial charge on any atom is 0.273 e. The molecule has 0 radical (unpaired) electrons. The first-order valence-corrected chi connectivity index (χ1v) is 8.51. The molecule has 6 nitrogen and oxygen atoms in total. The first kappa shape index (κ1) is 19.4. The molecule has 0 saturated carbocycles. The van der Waals surface area contributed by atoms with E-state index in [0.717, 1.165) is 17.7 Å². The second-order valence-electron chi connectivity index (χ2n) is 6.69. The zero-order chi connectivity index (χ0) is 19.3. The molecule has 2 aromatic rings. The summed E-state index contributed by atoms with van der Waals surface area (Å²) in [5, 5.41) is 14.1. The van der Waals surface area contributed by atoms with Crippen molar-refractivity contribution in [3.05, 3.63) is 69.3 Å². The van der Waals surface area contributed by atoms with E-state index in [4.69, 9.17) is 4.74 Å². The molecule has 2 aromatic carbocycles. The van der Waals surface area contributed by atoms with Crippen LogP contribution in [0, 0.1) is 23.0 Å². The highest BCUT2D eigenvalue weighted by Gasteiger charge is 2.20. The van der Waals surface area contributed by atoms with Gasteiger partial charge in [0.25, 0.3) is 11.6 Å². The summed E-state index contributed by atoms with van der Waals surface area (Å²) >= 11 is 0. The van der Waals surface area contributed by atoms with Crippen LogP contribution in [0.25, 0.3) is 0 Å². The van der Waals surface area contributed by atoms with Gasteiger partial charge in [-0.05, 0) is 43.0 Å². The standard InChI is InChI=1S/C20H24N2O4/c1-13(2)11-18(15-7-9-17(26-4)10-8-15)21-20(23)16-6-5-14(3)19(12-16)22(24)25/h5-10,12-13,18H,11H2,1-4H3,(H,21,23)/t18-/m1/s1. The highest BCUT2D eigenvalue weighted by molar-refractivity contribution is 5.95. The topological polar surface area (TPSA) is 81.5 Å². The van der Waals surface area contributed by atoms with Gasteiger partial charge < -0.3 is 10.1 Å². The minimum absolute atomic E-state index is 0.0532. The number of methoxy groups -OCH3 is 1. The van der Waals surface area contributed by atoms with Crippen molar-refractivity contribution < 1.29 is 14.5 Å². The molecule has 1 amide bonds. The van der Waals surface area contributed by atoms with Gasteiger partial charge in [-0.15, -0.1) is 0 Å². The van der Waals surface area contributed by atoms with E-state index in [1.165, 1.54) is 6.07 Å². The van der Waals surface area contributed by atoms with Crippen LogP contribution < -0.4 is 10.1 Å². The van der Waals surface area contributed by atoms with Gasteiger partial charge in [0.1, 0.15) is 5.75 Å². The molecule has 2 rings (SSSR count). The van der Waals surface area contributed by atoms with E-state index in [-0.39, 0.29) is 23.2 Å². The number of nitrogens with zero attached hydrogens (tertiary/aromatic N) is 1. The first-order chi connectivity index (χ1) is 12.3. The Morgan fingerprint density at radius 1 is 1.19 bits per heavy atom. The zero-order valence-corrected chi connectivity index (χ0v) is 15.5. The van der Waals surface area contributed by atoms with E-state index in [1.807, 2.05) is 24.3 Å². The van der Waals surface area contributed by atoms with Crippen LogP contribution in [-0.2, 0) is 0 Å². The van der Waals surface area contributed by atoms with Crippen LogP contribution in [0.5, 0.6) is 5.75 Å². The number of amides is 1. The maximum absolute atomic E-state index is 12.7. The number of hydrogen-bond acceptors (Lipinski definition) is 4. The third kappa shape index (κ3) is 4.81. The van der Waals surface area contributed by atoms with Crippen molar-refractivity contribution in [1.82, 2.24) is 5.32 Å². The quantitative estimate of drug-likeness (QED) is 0.588. The number of carbonyl (C=O) groups is 1. The number of nitro benzene ring substituents is 1. The van der Waals surface area contributed by atoms with Crippen LogP contribution in [0.2, 0.25) is 0 Å². The van der Waals surface area contributed by atoms with E-state index in [2.05, 4.69) is 19.2 Å². The van der Waals surface area contributed by atoms with E-state index in [0.29, 0.717) is 11.5 Å². The smallest absolute Gasteiger partial charge is 0.273 e. The Bertz CT molecular complexity index is 785. The Morgan fingerprint density at radius 2 is 1.85 bits per heavy atom. The molecule has 0 aliphatic carbocycles. The second kappa shape index (κ2) is 8.47. The van der Waals surface area contributed by atoms with Gasteiger partial charge in [-0.3, -0.25) is 14.9 Å². The summed E-state index contributed by atoms with van der Waals surface area (Å²) in [5.41, 5.74) is 1.72. The third-order valence-electron chi connectivity index (χ3n) is 4.20. The SMILES string of the molecule is COc1ccc([C@@H](CC(C)C)NC(=O)c2ccc(C)c([N+](=O)[O-])c2)cc1. The van der Waals surface area contributed by atoms with Gasteiger partial charge in [0.05, 0.1) is 18.1 Å². The molecule has 6 heteroatoms. The molecular formula is C20H24N2O4. The number of nitrogens with one attached hydrogen (secondary N) is 1. The highest BCUT2D eigenvalue weighted by Crippen LogP contribution is 2.25. The molecule has 0 aliphatic heterocycles. The van der Waals surface area contributed by atoms with Gasteiger partial charge in [-0.25, -0.2) is 0 Å². The predicted molar refractivity (Wildman–Crippen MR) is 100 cm³/mol. The second-order valence-corrected chi connectivity index (χ2v) is 6.69. The molecule has 0 bridgehead atoms. The number of ether oxygens (including phenoxy) is 1. The van der Waals surface area contributed by atoms with Gasteiger partial charge >= 0.3 is 0 Å². The monoisotopic (exact) mass is 356 g/mol. The molecule has 138 valence electrons. The van der Waals surface area contributed by atoms with E-state index in [9.17, 15) is 14.9 Å². The number of benzene rings is 2. The molecular weight excluding hydrogens is 332 g/mol. The number of aryl methyl sites for hydroxylation is 1. The van der Waals surface area contributed by atoms with Crippen molar-refractivity contribution in [2.75, 3.05) is 7.11 Å². The molecule has 0 fully saturated rings. The van der Waals surface area contributed by atoms with Crippen molar-refractivity contribution in [1.29, 1.82) is 0 Å². The lowest BCUT2D eigenvalue weighted by Gasteiger charge is -2.21. The van der Waals surface area contributed by atoms with E-state index >= 15 is 0 Å². The molecule has 0 aliphatic rings. The van der Waals surface area contributed by atoms with Crippen LogP contribution in [0.3, 0.4) is 0 Å². The van der Waals surface area contributed by atoms with Gasteiger partial charge in [-0.1, -0.05) is 32.0 Å². The van der Waals surface area contributed by atoms with Crippen LogP contribution in [0.1, 0.15) is 47.8 Å². The summed E-state index contributed by atoms with van der Waals surface area (Å²) < 4.78 is 5.18. The largest absolute Gasteiger partial charge is 0.497 e. The summed E-state index contributed by atoms with van der Waals surface area (Å²) in [6.45, 7) is 5.82. The van der Waals surface area contributed by atoms with Gasteiger partial charge in [0.2, 0.25) is 0 Å². The van der Waals surface area contributed by atoms with Crippen molar-refractivity contribution in [2.45, 2.75) is 33.2 Å². The fourth-order valence-corrected chi connectivity index (χ4v) is 2.77. The Balaban J connectivity index is 2.25. The maximum atomic E-state index is 12.7. The lowest BCUT2D eigenvalue weighted by atomic mass is 9.96. The van der Waals surface area contributed by atoms with Crippen LogP contribution in [-0.4, -0.2) is 17.9 Å². The minimum atomic E-state index is -0.471. The van der Waals surface area contributed by atoms with Gasteiger partial charge in [0, 0.05) is 17.2 Å². The van der Waals surface area contributed by atoms with Crippen molar-refractivity contribution in [3.8, 4) is 5.75 Å². The fraction of sp³-hybridized carbons (Fsp3) is 0.350. The first-order valence-electron chi connectivity index (χ1n) is 8.51. The molecule has 1 atom stereocenters. The predicted octanol–water partition coefficient (Wildman–Crippen LogP) is 4.43. The average Bonchev–Trinajstić information content (AvgIpc) is 2.61. The van der Waals surface area contributed by atoms with Gasteiger partial charge in [-0.2, -0.15) is 0 Å². The number of nitro groups is 1. The average molecular weight is 356 g/mol. The Morgan fingerprint density at radius 3 is 2.38 bits per heavy atom. The molecule has 1 N–H and O–H groups in total. The van der Waals surface area contributed by atoms with Gasteiger partial charge in [0.15, 0.2) is 0 Å². The molecule has 0 aromatic heterocycles. The molecule has 0 unspecified atom stereocenters. The van der Waals surface area contributed by atoms with Crippen LogP contribution in [0.4, 0.5) is 5.69 Å². The molecule has 0 heterocycles. The van der Waals surface area contributed by atoms with Crippen LogP contribution >= 0.6 is 0 Å².